The SMILES string of the molecule is COc1cc(C)c(C(O)C2C3CCCC32)cc1C. The van der Waals surface area contributed by atoms with Gasteiger partial charge in [0.15, 0.2) is 0 Å². The summed E-state index contributed by atoms with van der Waals surface area (Å²) in [5.74, 6) is 3.02. The summed E-state index contributed by atoms with van der Waals surface area (Å²) in [5, 5.41) is 10.6. The molecule has 0 spiro atoms. The van der Waals surface area contributed by atoms with Crippen LogP contribution in [0.5, 0.6) is 5.75 Å². The minimum atomic E-state index is -0.273. The van der Waals surface area contributed by atoms with E-state index in [0.717, 1.165) is 34.3 Å². The smallest absolute Gasteiger partial charge is 0.122 e. The van der Waals surface area contributed by atoms with Gasteiger partial charge in [-0.3, -0.25) is 0 Å². The molecule has 0 amide bonds. The first-order valence-corrected chi connectivity index (χ1v) is 6.96. The minimum absolute atomic E-state index is 0.273. The van der Waals surface area contributed by atoms with Crippen molar-refractivity contribution < 1.29 is 9.84 Å². The summed E-state index contributed by atoms with van der Waals surface area (Å²) in [6.45, 7) is 4.11. The van der Waals surface area contributed by atoms with Crippen molar-refractivity contribution in [2.24, 2.45) is 17.8 Å². The molecule has 18 heavy (non-hydrogen) atoms. The molecular formula is C16H22O2. The third-order valence-electron chi connectivity index (χ3n) is 4.94. The van der Waals surface area contributed by atoms with E-state index >= 15 is 0 Å². The van der Waals surface area contributed by atoms with Crippen molar-refractivity contribution >= 4 is 0 Å². The summed E-state index contributed by atoms with van der Waals surface area (Å²) < 4.78 is 5.33. The van der Waals surface area contributed by atoms with Gasteiger partial charge in [-0.15, -0.1) is 0 Å². The van der Waals surface area contributed by atoms with Gasteiger partial charge in [-0.05, 0) is 73.3 Å². The Labute approximate surface area is 109 Å². The van der Waals surface area contributed by atoms with Crippen LogP contribution in [0.3, 0.4) is 0 Å². The van der Waals surface area contributed by atoms with Crippen LogP contribution in [0, 0.1) is 31.6 Å². The molecule has 2 saturated carbocycles. The molecule has 3 atom stereocenters. The van der Waals surface area contributed by atoms with Crippen LogP contribution in [0.2, 0.25) is 0 Å². The third-order valence-corrected chi connectivity index (χ3v) is 4.94. The van der Waals surface area contributed by atoms with Crippen LogP contribution >= 0.6 is 0 Å². The molecule has 0 radical (unpaired) electrons. The Morgan fingerprint density at radius 1 is 1.17 bits per heavy atom. The zero-order valence-electron chi connectivity index (χ0n) is 11.4. The zero-order chi connectivity index (χ0) is 12.9. The Balaban J connectivity index is 1.86. The lowest BCUT2D eigenvalue weighted by atomic mass is 9.94. The lowest BCUT2D eigenvalue weighted by molar-refractivity contribution is 0.136. The minimum Gasteiger partial charge on any atom is -0.496 e. The average molecular weight is 246 g/mol. The van der Waals surface area contributed by atoms with Gasteiger partial charge in [0.2, 0.25) is 0 Å². The molecule has 0 heterocycles. The van der Waals surface area contributed by atoms with E-state index in [1.807, 2.05) is 13.0 Å². The van der Waals surface area contributed by atoms with Crippen LogP contribution in [0.15, 0.2) is 12.1 Å². The molecule has 0 saturated heterocycles. The number of ether oxygens (including phenoxy) is 1. The summed E-state index contributed by atoms with van der Waals surface area (Å²) in [6, 6.07) is 4.15. The molecule has 3 rings (SSSR count). The summed E-state index contributed by atoms with van der Waals surface area (Å²) in [7, 11) is 1.70. The molecule has 2 heteroatoms. The molecule has 0 aliphatic heterocycles. The second-order valence-electron chi connectivity index (χ2n) is 5.96. The molecule has 2 aliphatic rings. The van der Waals surface area contributed by atoms with Crippen molar-refractivity contribution in [1.82, 2.24) is 0 Å². The average Bonchev–Trinajstić information content (AvgIpc) is 2.83. The number of hydrogen-bond acceptors (Lipinski definition) is 2. The Hall–Kier alpha value is -1.02. The fourth-order valence-electron chi connectivity index (χ4n) is 3.90. The quantitative estimate of drug-likeness (QED) is 0.885. The van der Waals surface area contributed by atoms with E-state index in [9.17, 15) is 5.11 Å². The number of fused-ring (bicyclic) bond motifs is 1. The number of aliphatic hydroxyl groups is 1. The van der Waals surface area contributed by atoms with Gasteiger partial charge in [-0.1, -0.05) is 6.42 Å². The van der Waals surface area contributed by atoms with Crippen molar-refractivity contribution in [1.29, 1.82) is 0 Å². The topological polar surface area (TPSA) is 29.5 Å². The van der Waals surface area contributed by atoms with Gasteiger partial charge in [0.1, 0.15) is 5.75 Å². The molecular weight excluding hydrogens is 224 g/mol. The fourth-order valence-corrected chi connectivity index (χ4v) is 3.90. The highest BCUT2D eigenvalue weighted by Crippen LogP contribution is 2.62. The lowest BCUT2D eigenvalue weighted by Crippen LogP contribution is -2.07. The first-order valence-electron chi connectivity index (χ1n) is 6.96. The normalized spacial score (nSPS) is 31.0. The summed E-state index contributed by atoms with van der Waals surface area (Å²) >= 11 is 0. The second kappa shape index (κ2) is 4.27. The van der Waals surface area contributed by atoms with Gasteiger partial charge in [-0.25, -0.2) is 0 Å². The first-order chi connectivity index (χ1) is 8.63. The molecule has 98 valence electrons. The maximum absolute atomic E-state index is 10.6. The van der Waals surface area contributed by atoms with Crippen LogP contribution in [-0.4, -0.2) is 12.2 Å². The van der Waals surface area contributed by atoms with Gasteiger partial charge in [0.05, 0.1) is 13.2 Å². The largest absolute Gasteiger partial charge is 0.496 e. The van der Waals surface area contributed by atoms with E-state index in [0.29, 0.717) is 5.92 Å². The molecule has 2 nitrogen and oxygen atoms in total. The van der Waals surface area contributed by atoms with Gasteiger partial charge in [0, 0.05) is 0 Å². The van der Waals surface area contributed by atoms with Crippen LogP contribution in [0.4, 0.5) is 0 Å². The van der Waals surface area contributed by atoms with E-state index in [1.165, 1.54) is 19.3 Å². The van der Waals surface area contributed by atoms with E-state index < -0.39 is 0 Å². The monoisotopic (exact) mass is 246 g/mol. The van der Waals surface area contributed by atoms with Crippen molar-refractivity contribution in [3.05, 3.63) is 28.8 Å². The summed E-state index contributed by atoms with van der Waals surface area (Å²) in [6.07, 6.45) is 3.73. The van der Waals surface area contributed by atoms with Gasteiger partial charge < -0.3 is 9.84 Å². The number of aryl methyl sites for hydroxylation is 2. The van der Waals surface area contributed by atoms with Crippen LogP contribution in [-0.2, 0) is 0 Å². The number of hydrogen-bond donors (Lipinski definition) is 1. The predicted octanol–water partition coefficient (Wildman–Crippen LogP) is 3.39. The Morgan fingerprint density at radius 3 is 2.44 bits per heavy atom. The van der Waals surface area contributed by atoms with Gasteiger partial charge >= 0.3 is 0 Å². The molecule has 2 fully saturated rings. The van der Waals surface area contributed by atoms with E-state index in [-0.39, 0.29) is 6.10 Å². The third kappa shape index (κ3) is 1.74. The van der Waals surface area contributed by atoms with Crippen LogP contribution in [0.25, 0.3) is 0 Å². The van der Waals surface area contributed by atoms with Crippen LogP contribution in [0.1, 0.15) is 42.1 Å². The molecule has 3 unspecified atom stereocenters. The standard InChI is InChI=1S/C16H22O2/c1-9-8-14(18-3)10(2)7-13(9)16(17)15-11-5-4-6-12(11)15/h7-8,11-12,15-17H,4-6H2,1-3H3. The van der Waals surface area contributed by atoms with Crippen molar-refractivity contribution in [3.63, 3.8) is 0 Å². The summed E-state index contributed by atoms with van der Waals surface area (Å²) in [4.78, 5) is 0. The van der Waals surface area contributed by atoms with Crippen molar-refractivity contribution in [3.8, 4) is 5.75 Å². The molecule has 2 aliphatic carbocycles. The second-order valence-corrected chi connectivity index (χ2v) is 5.96. The highest BCUT2D eigenvalue weighted by atomic mass is 16.5. The maximum Gasteiger partial charge on any atom is 0.122 e. The van der Waals surface area contributed by atoms with Gasteiger partial charge in [0.25, 0.3) is 0 Å². The fraction of sp³-hybridized carbons (Fsp3) is 0.625. The lowest BCUT2D eigenvalue weighted by Gasteiger charge is -2.18. The zero-order valence-corrected chi connectivity index (χ0v) is 11.4. The number of benzene rings is 1. The molecule has 1 N–H and O–H groups in total. The summed E-state index contributed by atoms with van der Waals surface area (Å²) in [5.41, 5.74) is 3.37. The van der Waals surface area contributed by atoms with Crippen LogP contribution < -0.4 is 4.74 Å². The number of aliphatic hydroxyl groups excluding tert-OH is 1. The Morgan fingerprint density at radius 2 is 1.83 bits per heavy atom. The maximum atomic E-state index is 10.6. The van der Waals surface area contributed by atoms with Crippen molar-refractivity contribution in [2.75, 3.05) is 7.11 Å². The van der Waals surface area contributed by atoms with Gasteiger partial charge in [-0.2, -0.15) is 0 Å². The molecule has 1 aromatic rings. The van der Waals surface area contributed by atoms with E-state index in [2.05, 4.69) is 13.0 Å². The highest BCUT2D eigenvalue weighted by molar-refractivity contribution is 5.43. The highest BCUT2D eigenvalue weighted by Gasteiger charge is 2.56. The Bertz CT molecular complexity index is 456. The van der Waals surface area contributed by atoms with Crippen molar-refractivity contribution in [2.45, 2.75) is 39.2 Å². The Kier molecular flexibility index (Phi) is 2.86. The first kappa shape index (κ1) is 12.0. The van der Waals surface area contributed by atoms with E-state index in [4.69, 9.17) is 4.74 Å². The number of rotatable bonds is 3. The van der Waals surface area contributed by atoms with E-state index in [1.54, 1.807) is 7.11 Å². The molecule has 0 bridgehead atoms. The predicted molar refractivity (Wildman–Crippen MR) is 71.7 cm³/mol. The molecule has 1 aromatic carbocycles. The number of methoxy groups -OCH3 is 1. The molecule has 0 aromatic heterocycles.